The maximum atomic E-state index is 9.69. The van der Waals surface area contributed by atoms with Crippen molar-refractivity contribution in [1.82, 2.24) is 0 Å². The second-order valence-electron chi connectivity index (χ2n) is 4.67. The summed E-state index contributed by atoms with van der Waals surface area (Å²) in [6.45, 7) is 1.96. The van der Waals surface area contributed by atoms with Crippen LogP contribution in [0.15, 0.2) is 0 Å². The summed E-state index contributed by atoms with van der Waals surface area (Å²) in [7, 11) is 0. The van der Waals surface area contributed by atoms with Crippen LogP contribution in [0, 0.1) is 0 Å². The third-order valence-electron chi connectivity index (χ3n) is 3.37. The second-order valence-corrected chi connectivity index (χ2v) is 4.67. The molecule has 2 N–H and O–H groups in total. The van der Waals surface area contributed by atoms with Crippen molar-refractivity contribution in [2.24, 2.45) is 0 Å². The number of rotatable bonds is 2. The molecule has 4 heteroatoms. The van der Waals surface area contributed by atoms with Gasteiger partial charge in [-0.2, -0.15) is 0 Å². The van der Waals surface area contributed by atoms with Crippen LogP contribution in [-0.4, -0.2) is 40.9 Å². The minimum atomic E-state index is -0.841. The molecule has 2 fully saturated rings. The van der Waals surface area contributed by atoms with Gasteiger partial charge >= 0.3 is 0 Å². The first-order valence-electron chi connectivity index (χ1n) is 5.81. The summed E-state index contributed by atoms with van der Waals surface area (Å²) >= 11 is 0. The van der Waals surface area contributed by atoms with E-state index in [0.29, 0.717) is 6.61 Å². The van der Waals surface area contributed by atoms with Gasteiger partial charge in [-0.1, -0.05) is 6.42 Å². The van der Waals surface area contributed by atoms with Crippen LogP contribution < -0.4 is 0 Å². The Morgan fingerprint density at radius 2 is 1.87 bits per heavy atom. The topological polar surface area (TPSA) is 58.9 Å². The SMILES string of the molecule is C[C@@H](O)C(O)[C@H]1COC2(CCCCC2)O1. The van der Waals surface area contributed by atoms with E-state index in [1.807, 2.05) is 0 Å². The molecule has 1 heterocycles. The number of aliphatic hydroxyl groups is 2. The van der Waals surface area contributed by atoms with Crippen LogP contribution in [0.25, 0.3) is 0 Å². The van der Waals surface area contributed by atoms with E-state index < -0.39 is 18.0 Å². The van der Waals surface area contributed by atoms with Gasteiger partial charge < -0.3 is 19.7 Å². The molecule has 2 aliphatic rings. The van der Waals surface area contributed by atoms with Crippen molar-refractivity contribution in [2.45, 2.75) is 63.1 Å². The standard InChI is InChI=1S/C11H20O4/c1-8(12)10(13)9-7-14-11(15-9)5-3-2-4-6-11/h8-10,12-13H,2-7H2,1H3/t8-,9-,10?/m1/s1. The zero-order valence-corrected chi connectivity index (χ0v) is 9.19. The smallest absolute Gasteiger partial charge is 0.169 e. The lowest BCUT2D eigenvalue weighted by molar-refractivity contribution is -0.200. The molecule has 1 spiro atoms. The number of hydrogen-bond acceptors (Lipinski definition) is 4. The minimum Gasteiger partial charge on any atom is -0.391 e. The van der Waals surface area contributed by atoms with Crippen molar-refractivity contribution >= 4 is 0 Å². The summed E-state index contributed by atoms with van der Waals surface area (Å²) in [4.78, 5) is 0. The molecule has 0 aromatic carbocycles. The van der Waals surface area contributed by atoms with Gasteiger partial charge in [0.25, 0.3) is 0 Å². The highest BCUT2D eigenvalue weighted by atomic mass is 16.7. The molecule has 1 aliphatic heterocycles. The Labute approximate surface area is 90.2 Å². The molecule has 0 amide bonds. The maximum Gasteiger partial charge on any atom is 0.169 e. The fourth-order valence-electron chi connectivity index (χ4n) is 2.41. The Morgan fingerprint density at radius 3 is 2.47 bits per heavy atom. The molecule has 2 rings (SSSR count). The van der Waals surface area contributed by atoms with E-state index in [4.69, 9.17) is 9.47 Å². The Balaban J connectivity index is 1.93. The Morgan fingerprint density at radius 1 is 1.20 bits per heavy atom. The summed E-state index contributed by atoms with van der Waals surface area (Å²) in [5, 5.41) is 19.0. The molecule has 15 heavy (non-hydrogen) atoms. The van der Waals surface area contributed by atoms with Crippen molar-refractivity contribution < 1.29 is 19.7 Å². The lowest BCUT2D eigenvalue weighted by Crippen LogP contribution is -2.40. The first-order valence-corrected chi connectivity index (χ1v) is 5.81. The van der Waals surface area contributed by atoms with E-state index in [1.165, 1.54) is 6.42 Å². The van der Waals surface area contributed by atoms with E-state index >= 15 is 0 Å². The van der Waals surface area contributed by atoms with Gasteiger partial charge in [0.2, 0.25) is 0 Å². The molecule has 1 unspecified atom stereocenters. The van der Waals surface area contributed by atoms with Crippen LogP contribution in [0.4, 0.5) is 0 Å². The molecule has 0 radical (unpaired) electrons. The summed E-state index contributed by atoms with van der Waals surface area (Å²) < 4.78 is 11.5. The lowest BCUT2D eigenvalue weighted by atomic mass is 9.94. The van der Waals surface area contributed by atoms with Gasteiger partial charge in [-0.3, -0.25) is 0 Å². The number of hydrogen-bond donors (Lipinski definition) is 2. The average Bonchev–Trinajstić information content (AvgIpc) is 2.62. The van der Waals surface area contributed by atoms with Gasteiger partial charge in [0.05, 0.1) is 12.7 Å². The van der Waals surface area contributed by atoms with Crippen LogP contribution in [0.3, 0.4) is 0 Å². The summed E-state index contributed by atoms with van der Waals surface area (Å²) in [6, 6.07) is 0. The van der Waals surface area contributed by atoms with E-state index in [-0.39, 0.29) is 6.10 Å². The Kier molecular flexibility index (Phi) is 3.30. The summed E-state index contributed by atoms with van der Waals surface area (Å²) in [6.07, 6.45) is 3.32. The van der Waals surface area contributed by atoms with Crippen molar-refractivity contribution in [3.05, 3.63) is 0 Å². The number of aliphatic hydroxyl groups excluding tert-OH is 2. The average molecular weight is 216 g/mol. The van der Waals surface area contributed by atoms with Gasteiger partial charge in [0.15, 0.2) is 5.79 Å². The van der Waals surface area contributed by atoms with Gasteiger partial charge in [0, 0.05) is 12.8 Å². The van der Waals surface area contributed by atoms with E-state index in [1.54, 1.807) is 6.92 Å². The zero-order chi connectivity index (χ0) is 10.9. The zero-order valence-electron chi connectivity index (χ0n) is 9.19. The van der Waals surface area contributed by atoms with E-state index in [2.05, 4.69) is 0 Å². The molecule has 3 atom stereocenters. The molecule has 1 saturated heterocycles. The highest BCUT2D eigenvalue weighted by molar-refractivity contribution is 4.86. The van der Waals surface area contributed by atoms with Crippen LogP contribution in [0.1, 0.15) is 39.0 Å². The molecular formula is C11H20O4. The molecule has 0 aromatic heterocycles. The quantitative estimate of drug-likeness (QED) is 0.717. The molecule has 0 bridgehead atoms. The van der Waals surface area contributed by atoms with Gasteiger partial charge in [-0.05, 0) is 19.8 Å². The fraction of sp³-hybridized carbons (Fsp3) is 1.00. The van der Waals surface area contributed by atoms with E-state index in [0.717, 1.165) is 25.7 Å². The maximum absolute atomic E-state index is 9.69. The third kappa shape index (κ3) is 2.33. The molecule has 88 valence electrons. The molecule has 1 saturated carbocycles. The Hall–Kier alpha value is -0.160. The minimum absolute atomic E-state index is 0.372. The first-order chi connectivity index (χ1) is 7.13. The predicted octanol–water partition coefficient (Wildman–Crippen LogP) is 0.804. The molecule has 0 aromatic rings. The van der Waals surface area contributed by atoms with E-state index in [9.17, 15) is 10.2 Å². The van der Waals surface area contributed by atoms with Crippen LogP contribution in [0.5, 0.6) is 0 Å². The van der Waals surface area contributed by atoms with Crippen molar-refractivity contribution in [3.8, 4) is 0 Å². The molecule has 1 aliphatic carbocycles. The van der Waals surface area contributed by atoms with Crippen molar-refractivity contribution in [1.29, 1.82) is 0 Å². The van der Waals surface area contributed by atoms with Gasteiger partial charge in [0.1, 0.15) is 12.2 Å². The summed E-state index contributed by atoms with van der Waals surface area (Å²) in [5.74, 6) is -0.460. The van der Waals surface area contributed by atoms with Crippen LogP contribution >= 0.6 is 0 Å². The van der Waals surface area contributed by atoms with Gasteiger partial charge in [-0.25, -0.2) is 0 Å². The normalized spacial score (nSPS) is 34.2. The van der Waals surface area contributed by atoms with Gasteiger partial charge in [-0.15, -0.1) is 0 Å². The largest absolute Gasteiger partial charge is 0.391 e. The van der Waals surface area contributed by atoms with Crippen LogP contribution in [-0.2, 0) is 9.47 Å². The second kappa shape index (κ2) is 4.37. The number of ether oxygens (including phenoxy) is 2. The monoisotopic (exact) mass is 216 g/mol. The predicted molar refractivity (Wildman–Crippen MR) is 54.3 cm³/mol. The van der Waals surface area contributed by atoms with Crippen molar-refractivity contribution in [2.75, 3.05) is 6.61 Å². The summed E-state index contributed by atoms with van der Waals surface area (Å²) in [5.41, 5.74) is 0. The highest BCUT2D eigenvalue weighted by Gasteiger charge is 2.45. The fourth-order valence-corrected chi connectivity index (χ4v) is 2.41. The lowest BCUT2D eigenvalue weighted by Gasteiger charge is -2.32. The van der Waals surface area contributed by atoms with Crippen molar-refractivity contribution in [3.63, 3.8) is 0 Å². The highest BCUT2D eigenvalue weighted by Crippen LogP contribution is 2.38. The molecule has 4 nitrogen and oxygen atoms in total. The third-order valence-corrected chi connectivity index (χ3v) is 3.37. The van der Waals surface area contributed by atoms with Crippen LogP contribution in [0.2, 0.25) is 0 Å². The first kappa shape index (κ1) is 11.3. The molecular weight excluding hydrogens is 196 g/mol. The Bertz CT molecular complexity index is 211.